The topological polar surface area (TPSA) is 95.6 Å². The molecule has 4 aromatic rings. The molecule has 0 spiro atoms. The van der Waals surface area contributed by atoms with Gasteiger partial charge in [0, 0.05) is 38.4 Å². The number of benzene rings is 3. The predicted molar refractivity (Wildman–Crippen MR) is 155 cm³/mol. The molecule has 2 N–H and O–H groups in total. The molecule has 3 aromatic carbocycles. The summed E-state index contributed by atoms with van der Waals surface area (Å²) in [5.41, 5.74) is 4.53. The zero-order valence-electron chi connectivity index (χ0n) is 23.0. The van der Waals surface area contributed by atoms with Gasteiger partial charge >= 0.3 is 5.69 Å². The fourth-order valence-electron chi connectivity index (χ4n) is 5.12. The van der Waals surface area contributed by atoms with Crippen LogP contribution >= 0.6 is 0 Å². The first-order chi connectivity index (χ1) is 19.4. The van der Waals surface area contributed by atoms with E-state index in [4.69, 9.17) is 0 Å². The fraction of sp³-hybridized carbons (Fsp3) is 0.323. The van der Waals surface area contributed by atoms with Gasteiger partial charge in [-0.2, -0.15) is 5.10 Å². The first-order valence-electron chi connectivity index (χ1n) is 13.7. The van der Waals surface area contributed by atoms with Crippen LogP contribution in [0.2, 0.25) is 0 Å². The normalized spacial score (nSPS) is 14.8. The number of amides is 1. The molecule has 1 aromatic heterocycles. The average molecular weight is 541 g/mol. The Balaban J connectivity index is 1.24. The Hall–Kier alpha value is -4.21. The number of aromatic nitrogens is 3. The smallest absolute Gasteiger partial charge is 0.350 e. The highest BCUT2D eigenvalue weighted by molar-refractivity contribution is 5.83. The molecule has 1 unspecified atom stereocenters. The van der Waals surface area contributed by atoms with Crippen LogP contribution in [0.4, 0.5) is 5.69 Å². The number of aliphatic hydroxyl groups excluding tert-OH is 1. The van der Waals surface area contributed by atoms with Gasteiger partial charge in [0.25, 0.3) is 0 Å². The zero-order valence-corrected chi connectivity index (χ0v) is 23.0. The van der Waals surface area contributed by atoms with Gasteiger partial charge < -0.3 is 15.3 Å². The molecule has 1 amide bonds. The number of nitrogens with one attached hydrogen (secondary N) is 1. The van der Waals surface area contributed by atoms with Gasteiger partial charge in [0.1, 0.15) is 12.4 Å². The van der Waals surface area contributed by atoms with E-state index >= 15 is 0 Å². The number of carbonyl (C=O) groups excluding carboxylic acids is 1. The van der Waals surface area contributed by atoms with Crippen LogP contribution in [0, 0.1) is 0 Å². The van der Waals surface area contributed by atoms with Crippen molar-refractivity contribution in [3.05, 3.63) is 112 Å². The van der Waals surface area contributed by atoms with E-state index in [-0.39, 0.29) is 30.3 Å². The quantitative estimate of drug-likeness (QED) is 0.338. The number of carbonyl (C=O) groups is 1. The Morgan fingerprint density at radius 2 is 1.50 bits per heavy atom. The highest BCUT2D eigenvalue weighted by atomic mass is 16.3. The van der Waals surface area contributed by atoms with Gasteiger partial charge in [-0.05, 0) is 54.8 Å². The molecule has 9 heteroatoms. The molecule has 1 saturated heterocycles. The first kappa shape index (κ1) is 27.4. The van der Waals surface area contributed by atoms with Crippen LogP contribution in [0.25, 0.3) is 5.69 Å². The molecule has 0 aliphatic carbocycles. The van der Waals surface area contributed by atoms with Gasteiger partial charge in [0.05, 0.1) is 18.3 Å². The van der Waals surface area contributed by atoms with Crippen molar-refractivity contribution in [1.82, 2.24) is 24.6 Å². The summed E-state index contributed by atoms with van der Waals surface area (Å²) in [5.74, 6) is -0.0253. The predicted octanol–water partition coefficient (Wildman–Crippen LogP) is 3.29. The SMILES string of the molecule is CC(C)n1ncn(-c2ccc(N3CCN(C(C(=O)NCc4ccc(CO)cc4)c4ccccc4)CC3)cc2)c1=O. The molecule has 1 fully saturated rings. The maximum atomic E-state index is 13.5. The minimum absolute atomic E-state index is 0.00280. The monoisotopic (exact) mass is 540 g/mol. The van der Waals surface area contributed by atoms with Crippen molar-refractivity contribution in [3.63, 3.8) is 0 Å². The lowest BCUT2D eigenvalue weighted by molar-refractivity contribution is -0.127. The van der Waals surface area contributed by atoms with Crippen molar-refractivity contribution in [1.29, 1.82) is 0 Å². The molecule has 5 rings (SSSR count). The van der Waals surface area contributed by atoms with E-state index in [9.17, 15) is 14.7 Å². The van der Waals surface area contributed by atoms with Gasteiger partial charge in [-0.25, -0.2) is 14.0 Å². The molecule has 2 heterocycles. The summed E-state index contributed by atoms with van der Waals surface area (Å²) in [6.45, 7) is 7.34. The lowest BCUT2D eigenvalue weighted by Gasteiger charge is -2.39. The number of hydrogen-bond donors (Lipinski definition) is 2. The summed E-state index contributed by atoms with van der Waals surface area (Å²) >= 11 is 0. The lowest BCUT2D eigenvalue weighted by Crippen LogP contribution is -2.51. The second kappa shape index (κ2) is 12.3. The highest BCUT2D eigenvalue weighted by Crippen LogP contribution is 2.25. The molecule has 208 valence electrons. The van der Waals surface area contributed by atoms with E-state index in [0.29, 0.717) is 6.54 Å². The van der Waals surface area contributed by atoms with Gasteiger partial charge in [0.2, 0.25) is 5.91 Å². The molecular weight excluding hydrogens is 504 g/mol. The Morgan fingerprint density at radius 1 is 0.875 bits per heavy atom. The molecule has 1 atom stereocenters. The Labute approximate surface area is 234 Å². The molecular formula is C31H36N6O3. The first-order valence-corrected chi connectivity index (χ1v) is 13.7. The summed E-state index contributed by atoms with van der Waals surface area (Å²) in [6.07, 6.45) is 1.56. The van der Waals surface area contributed by atoms with Crippen LogP contribution in [0.3, 0.4) is 0 Å². The van der Waals surface area contributed by atoms with E-state index in [1.165, 1.54) is 4.68 Å². The summed E-state index contributed by atoms with van der Waals surface area (Å²) in [4.78, 5) is 30.7. The van der Waals surface area contributed by atoms with E-state index in [0.717, 1.165) is 54.2 Å². The minimum atomic E-state index is -0.383. The maximum absolute atomic E-state index is 13.5. The van der Waals surface area contributed by atoms with E-state index < -0.39 is 0 Å². The van der Waals surface area contributed by atoms with Gasteiger partial charge in [-0.3, -0.25) is 9.69 Å². The summed E-state index contributed by atoms with van der Waals surface area (Å²) < 4.78 is 3.03. The summed E-state index contributed by atoms with van der Waals surface area (Å²) in [7, 11) is 0. The zero-order chi connectivity index (χ0) is 28.1. The number of rotatable bonds is 9. The van der Waals surface area contributed by atoms with Gasteiger partial charge in [-0.1, -0.05) is 54.6 Å². The molecule has 0 bridgehead atoms. The van der Waals surface area contributed by atoms with Crippen LogP contribution in [-0.2, 0) is 17.9 Å². The minimum Gasteiger partial charge on any atom is -0.392 e. The fourth-order valence-corrected chi connectivity index (χ4v) is 5.12. The largest absolute Gasteiger partial charge is 0.392 e. The van der Waals surface area contributed by atoms with Crippen LogP contribution in [0.15, 0.2) is 90.0 Å². The molecule has 0 radical (unpaired) electrons. The van der Waals surface area contributed by atoms with E-state index in [1.807, 2.05) is 92.7 Å². The number of nitrogens with zero attached hydrogens (tertiary/aromatic N) is 5. The maximum Gasteiger partial charge on any atom is 0.350 e. The summed E-state index contributed by atoms with van der Waals surface area (Å²) in [6, 6.07) is 25.1. The molecule has 1 aliphatic rings. The molecule has 40 heavy (non-hydrogen) atoms. The van der Waals surface area contributed by atoms with Crippen LogP contribution in [0.1, 0.15) is 42.6 Å². The standard InChI is InChI=1S/C31H36N6O3/c1-23(2)37-31(40)36(22-33-37)28-14-12-27(13-15-28)34-16-18-35(19-17-34)29(26-6-4-3-5-7-26)30(39)32-20-24-8-10-25(21-38)11-9-24/h3-15,22-23,29,38H,16-21H2,1-2H3,(H,32,39). The van der Waals surface area contributed by atoms with Crippen molar-refractivity contribution in [2.75, 3.05) is 31.1 Å². The number of aliphatic hydroxyl groups is 1. The molecule has 0 saturated carbocycles. The van der Waals surface area contributed by atoms with Crippen LogP contribution in [0.5, 0.6) is 0 Å². The molecule has 9 nitrogen and oxygen atoms in total. The number of piperazine rings is 1. The Morgan fingerprint density at radius 3 is 2.10 bits per heavy atom. The Bertz CT molecular complexity index is 1450. The number of anilines is 1. The second-order valence-corrected chi connectivity index (χ2v) is 10.4. The average Bonchev–Trinajstić information content (AvgIpc) is 3.39. The van der Waals surface area contributed by atoms with Crippen molar-refractivity contribution in [2.24, 2.45) is 0 Å². The third kappa shape index (κ3) is 6.00. The highest BCUT2D eigenvalue weighted by Gasteiger charge is 2.30. The van der Waals surface area contributed by atoms with Crippen molar-refractivity contribution in [3.8, 4) is 5.69 Å². The van der Waals surface area contributed by atoms with Crippen molar-refractivity contribution >= 4 is 11.6 Å². The van der Waals surface area contributed by atoms with E-state index in [2.05, 4.69) is 20.2 Å². The third-order valence-corrected chi connectivity index (χ3v) is 7.39. The van der Waals surface area contributed by atoms with Gasteiger partial charge in [-0.15, -0.1) is 0 Å². The molecule has 1 aliphatic heterocycles. The van der Waals surface area contributed by atoms with Crippen molar-refractivity contribution < 1.29 is 9.90 Å². The summed E-state index contributed by atoms with van der Waals surface area (Å²) in [5, 5.41) is 16.6. The Kier molecular flexibility index (Phi) is 8.42. The van der Waals surface area contributed by atoms with Gasteiger partial charge in [0.15, 0.2) is 0 Å². The van der Waals surface area contributed by atoms with Crippen LogP contribution < -0.4 is 15.9 Å². The van der Waals surface area contributed by atoms with E-state index in [1.54, 1.807) is 10.9 Å². The third-order valence-electron chi connectivity index (χ3n) is 7.39. The van der Waals surface area contributed by atoms with Crippen LogP contribution in [-0.4, -0.2) is 56.4 Å². The van der Waals surface area contributed by atoms with Crippen molar-refractivity contribution in [2.45, 2.75) is 39.1 Å². The number of hydrogen-bond acceptors (Lipinski definition) is 6. The second-order valence-electron chi connectivity index (χ2n) is 10.4. The lowest BCUT2D eigenvalue weighted by atomic mass is 10.0.